The van der Waals surface area contributed by atoms with Crippen molar-refractivity contribution in [3.05, 3.63) is 102 Å². The molecular weight excluding hydrogens is 546 g/mol. The maximum atomic E-state index is 11.6. The zero-order valence-corrected chi connectivity index (χ0v) is 24.6. The van der Waals surface area contributed by atoms with Gasteiger partial charge < -0.3 is 18.8 Å². The minimum atomic E-state index is -0.444. The SMILES string of the molecule is COC(=O)c1cn(CCOc2ccc(-c3sc4ccccc4c3Cc3ccc(OCCN4CCCC4)cc3)cc2)cn1. The number of aromatic nitrogens is 2. The molecule has 1 aliphatic rings. The number of imidazole rings is 1. The lowest BCUT2D eigenvalue weighted by molar-refractivity contribution is 0.0594. The Labute approximate surface area is 250 Å². The van der Waals surface area contributed by atoms with Crippen LogP contribution in [0.1, 0.15) is 34.5 Å². The van der Waals surface area contributed by atoms with Gasteiger partial charge in [0.1, 0.15) is 24.7 Å². The van der Waals surface area contributed by atoms with Gasteiger partial charge in [-0.3, -0.25) is 4.90 Å². The lowest BCUT2D eigenvalue weighted by atomic mass is 9.99. The molecule has 0 unspecified atom stereocenters. The van der Waals surface area contributed by atoms with Crippen LogP contribution in [0.3, 0.4) is 0 Å². The molecule has 7 nitrogen and oxygen atoms in total. The number of rotatable bonds is 12. The number of esters is 1. The first kappa shape index (κ1) is 28.0. The normalized spacial score (nSPS) is 13.5. The van der Waals surface area contributed by atoms with Crippen molar-refractivity contribution in [3.63, 3.8) is 0 Å². The second-order valence-electron chi connectivity index (χ2n) is 10.5. The number of methoxy groups -OCH3 is 1. The first-order valence-electron chi connectivity index (χ1n) is 14.4. The molecule has 0 aliphatic carbocycles. The molecule has 1 saturated heterocycles. The first-order valence-corrected chi connectivity index (χ1v) is 15.3. The fourth-order valence-electron chi connectivity index (χ4n) is 5.38. The van der Waals surface area contributed by atoms with Gasteiger partial charge in [-0.15, -0.1) is 11.3 Å². The average Bonchev–Trinajstić information content (AvgIpc) is 3.79. The predicted molar refractivity (Wildman–Crippen MR) is 167 cm³/mol. The number of benzene rings is 3. The van der Waals surface area contributed by atoms with Crippen molar-refractivity contribution in [2.24, 2.45) is 0 Å². The zero-order chi connectivity index (χ0) is 28.7. The van der Waals surface area contributed by atoms with Gasteiger partial charge in [-0.05, 0) is 96.9 Å². The van der Waals surface area contributed by atoms with Gasteiger partial charge in [0.05, 0.1) is 20.0 Å². The molecule has 2 aromatic heterocycles. The molecule has 0 amide bonds. The summed E-state index contributed by atoms with van der Waals surface area (Å²) in [6.07, 6.45) is 6.74. The Morgan fingerprint density at radius 2 is 1.57 bits per heavy atom. The molecule has 0 saturated carbocycles. The van der Waals surface area contributed by atoms with E-state index in [-0.39, 0.29) is 5.69 Å². The van der Waals surface area contributed by atoms with E-state index in [1.54, 1.807) is 12.5 Å². The predicted octanol–water partition coefficient (Wildman–Crippen LogP) is 6.70. The van der Waals surface area contributed by atoms with Crippen LogP contribution in [0.15, 0.2) is 85.3 Å². The fraction of sp³-hybridized carbons (Fsp3) is 0.294. The molecule has 8 heteroatoms. The topological polar surface area (TPSA) is 65.8 Å². The number of likely N-dealkylation sites (tertiary alicyclic amines) is 1. The van der Waals surface area contributed by atoms with Crippen molar-refractivity contribution >= 4 is 27.4 Å². The van der Waals surface area contributed by atoms with Crippen molar-refractivity contribution in [2.75, 3.05) is 40.0 Å². The van der Waals surface area contributed by atoms with E-state index in [0.717, 1.165) is 31.1 Å². The number of carbonyl (C=O) groups is 1. The van der Waals surface area contributed by atoms with E-state index >= 15 is 0 Å². The Hall–Kier alpha value is -4.14. The molecule has 0 spiro atoms. The van der Waals surface area contributed by atoms with Gasteiger partial charge in [0.25, 0.3) is 0 Å². The monoisotopic (exact) mass is 581 g/mol. The molecule has 6 rings (SSSR count). The summed E-state index contributed by atoms with van der Waals surface area (Å²) in [4.78, 5) is 19.4. The Morgan fingerprint density at radius 3 is 2.31 bits per heavy atom. The van der Waals surface area contributed by atoms with Crippen molar-refractivity contribution in [2.45, 2.75) is 25.8 Å². The fourth-order valence-corrected chi connectivity index (χ4v) is 6.60. The minimum absolute atomic E-state index is 0.290. The molecule has 1 aliphatic heterocycles. The highest BCUT2D eigenvalue weighted by molar-refractivity contribution is 7.22. The standard InChI is InChI=1S/C34H35N3O4S/c1-39-34(38)31-23-37(24-35-31)19-21-41-28-14-10-26(11-15-28)33-30(29-6-2-3-7-32(29)42-33)22-25-8-12-27(13-9-25)40-20-18-36-16-4-5-17-36/h2-3,6-15,23-24H,4-5,16-22H2,1H3. The van der Waals surface area contributed by atoms with E-state index in [4.69, 9.17) is 14.2 Å². The van der Waals surface area contributed by atoms with Crippen LogP contribution in [0.2, 0.25) is 0 Å². The summed E-state index contributed by atoms with van der Waals surface area (Å²) in [5.41, 5.74) is 4.07. The highest BCUT2D eigenvalue weighted by Gasteiger charge is 2.15. The Kier molecular flexibility index (Phi) is 8.82. The first-order chi connectivity index (χ1) is 20.7. The van der Waals surface area contributed by atoms with E-state index in [2.05, 4.69) is 70.5 Å². The summed E-state index contributed by atoms with van der Waals surface area (Å²) in [7, 11) is 1.35. The van der Waals surface area contributed by atoms with E-state index in [1.165, 1.54) is 64.7 Å². The maximum absolute atomic E-state index is 11.6. The zero-order valence-electron chi connectivity index (χ0n) is 23.8. The Bertz CT molecular complexity index is 1620. The number of nitrogens with zero attached hydrogens (tertiary/aromatic N) is 3. The van der Waals surface area contributed by atoms with Gasteiger partial charge in [0.2, 0.25) is 0 Å². The average molecular weight is 582 g/mol. The molecule has 1 fully saturated rings. The van der Waals surface area contributed by atoms with Crippen LogP contribution >= 0.6 is 11.3 Å². The Morgan fingerprint density at radius 1 is 0.881 bits per heavy atom. The van der Waals surface area contributed by atoms with Crippen LogP contribution in [0.25, 0.3) is 20.5 Å². The molecule has 216 valence electrons. The van der Waals surface area contributed by atoms with Crippen molar-refractivity contribution < 1.29 is 19.0 Å². The van der Waals surface area contributed by atoms with E-state index < -0.39 is 5.97 Å². The molecule has 3 heterocycles. The summed E-state index contributed by atoms with van der Waals surface area (Å²) in [6, 6.07) is 25.5. The molecular formula is C34H35N3O4S. The largest absolute Gasteiger partial charge is 0.492 e. The minimum Gasteiger partial charge on any atom is -0.492 e. The third kappa shape index (κ3) is 6.66. The Balaban J connectivity index is 1.11. The molecule has 3 aromatic carbocycles. The smallest absolute Gasteiger partial charge is 0.358 e. The number of carbonyl (C=O) groups excluding carboxylic acids is 1. The molecule has 0 bridgehead atoms. The van der Waals surface area contributed by atoms with E-state index in [1.807, 2.05) is 28.0 Å². The number of hydrogen-bond acceptors (Lipinski definition) is 7. The quantitative estimate of drug-likeness (QED) is 0.153. The van der Waals surface area contributed by atoms with E-state index in [9.17, 15) is 4.79 Å². The van der Waals surface area contributed by atoms with Crippen LogP contribution in [-0.2, 0) is 17.7 Å². The highest BCUT2D eigenvalue weighted by atomic mass is 32.1. The number of fused-ring (bicyclic) bond motifs is 1. The third-order valence-electron chi connectivity index (χ3n) is 7.64. The second-order valence-corrected chi connectivity index (χ2v) is 11.5. The van der Waals surface area contributed by atoms with Gasteiger partial charge in [0.15, 0.2) is 5.69 Å². The van der Waals surface area contributed by atoms with Crippen LogP contribution < -0.4 is 9.47 Å². The molecule has 42 heavy (non-hydrogen) atoms. The van der Waals surface area contributed by atoms with E-state index in [0.29, 0.717) is 13.2 Å². The summed E-state index contributed by atoms with van der Waals surface area (Å²) in [5.74, 6) is 1.29. The van der Waals surface area contributed by atoms with Crippen molar-refractivity contribution in [1.29, 1.82) is 0 Å². The van der Waals surface area contributed by atoms with Gasteiger partial charge in [0, 0.05) is 22.3 Å². The number of thiophene rings is 1. The third-order valence-corrected chi connectivity index (χ3v) is 8.90. The number of hydrogen-bond donors (Lipinski definition) is 0. The lowest BCUT2D eigenvalue weighted by Gasteiger charge is -2.15. The van der Waals surface area contributed by atoms with Gasteiger partial charge in [-0.25, -0.2) is 9.78 Å². The number of ether oxygens (including phenoxy) is 3. The summed E-state index contributed by atoms with van der Waals surface area (Å²) in [6.45, 7) is 5.16. The van der Waals surface area contributed by atoms with Crippen LogP contribution in [0, 0.1) is 0 Å². The lowest BCUT2D eigenvalue weighted by Crippen LogP contribution is -2.25. The molecule has 5 aromatic rings. The maximum Gasteiger partial charge on any atom is 0.358 e. The van der Waals surface area contributed by atoms with Crippen LogP contribution in [0.4, 0.5) is 0 Å². The molecule has 0 radical (unpaired) electrons. The summed E-state index contributed by atoms with van der Waals surface area (Å²) < 4.78 is 19.8. The van der Waals surface area contributed by atoms with Crippen LogP contribution in [-0.4, -0.2) is 60.4 Å². The molecule has 0 atom stereocenters. The van der Waals surface area contributed by atoms with Gasteiger partial charge in [-0.1, -0.05) is 30.3 Å². The summed E-state index contributed by atoms with van der Waals surface area (Å²) in [5, 5.41) is 1.30. The summed E-state index contributed by atoms with van der Waals surface area (Å²) >= 11 is 1.83. The van der Waals surface area contributed by atoms with Gasteiger partial charge >= 0.3 is 5.97 Å². The van der Waals surface area contributed by atoms with Crippen LogP contribution in [0.5, 0.6) is 11.5 Å². The van der Waals surface area contributed by atoms with Crippen molar-refractivity contribution in [1.82, 2.24) is 14.5 Å². The second kappa shape index (κ2) is 13.2. The molecule has 0 N–H and O–H groups in total. The van der Waals surface area contributed by atoms with Crippen molar-refractivity contribution in [3.8, 4) is 21.9 Å². The van der Waals surface area contributed by atoms with Gasteiger partial charge in [-0.2, -0.15) is 0 Å². The highest BCUT2D eigenvalue weighted by Crippen LogP contribution is 2.40.